The molecule has 0 saturated heterocycles. The minimum absolute atomic E-state index is 1.04. The number of thiol groups is 1. The molecule has 0 spiro atoms. The molecule has 0 saturated carbocycles. The Balaban J connectivity index is 0.000000531. The summed E-state index contributed by atoms with van der Waals surface area (Å²) in [4.78, 5) is 3.28. The quantitative estimate of drug-likeness (QED) is 0.707. The highest BCUT2D eigenvalue weighted by Crippen LogP contribution is 2.23. The Labute approximate surface area is 95.9 Å². The molecule has 15 heavy (non-hydrogen) atoms. The average molecular weight is 217 g/mol. The maximum Gasteiger partial charge on any atom is 0.0464 e. The Hall–Kier alpha value is -1.41. The first-order chi connectivity index (χ1) is 7.36. The molecule has 0 atom stereocenters. The SMILES string of the molecule is C=Cc1[nH]c2ccccc2c1C=C.CS. The van der Waals surface area contributed by atoms with Crippen molar-refractivity contribution in [1.82, 2.24) is 4.98 Å². The standard InChI is InChI=1S/C12H11N.CH4S/c1-3-9-10-7-5-6-8-12(10)13-11(9)4-2;1-2/h3-8,13H,1-2H2;2H,1H3. The minimum atomic E-state index is 1.04. The summed E-state index contributed by atoms with van der Waals surface area (Å²) in [5.74, 6) is 0. The van der Waals surface area contributed by atoms with Crippen molar-refractivity contribution in [1.29, 1.82) is 0 Å². The third kappa shape index (κ3) is 2.16. The third-order valence-electron chi connectivity index (χ3n) is 2.18. The second kappa shape index (κ2) is 5.47. The topological polar surface area (TPSA) is 15.8 Å². The van der Waals surface area contributed by atoms with E-state index < -0.39 is 0 Å². The normalized spacial score (nSPS) is 9.20. The fraction of sp³-hybridized carbons (Fsp3) is 0.0769. The summed E-state index contributed by atoms with van der Waals surface area (Å²) >= 11 is 3.53. The molecule has 0 fully saturated rings. The Morgan fingerprint density at radius 1 is 1.13 bits per heavy atom. The smallest absolute Gasteiger partial charge is 0.0464 e. The third-order valence-corrected chi connectivity index (χ3v) is 2.18. The van der Waals surface area contributed by atoms with Gasteiger partial charge in [0.05, 0.1) is 0 Å². The Kier molecular flexibility index (Phi) is 4.25. The second-order valence-electron chi connectivity index (χ2n) is 2.91. The van der Waals surface area contributed by atoms with Crippen LogP contribution in [0.25, 0.3) is 23.1 Å². The summed E-state index contributed by atoms with van der Waals surface area (Å²) < 4.78 is 0. The van der Waals surface area contributed by atoms with E-state index in [2.05, 4.69) is 42.9 Å². The van der Waals surface area contributed by atoms with Crippen LogP contribution in [-0.2, 0) is 0 Å². The highest BCUT2D eigenvalue weighted by atomic mass is 32.1. The van der Waals surface area contributed by atoms with E-state index in [-0.39, 0.29) is 0 Å². The molecule has 1 N–H and O–H groups in total. The maximum absolute atomic E-state index is 3.79. The van der Waals surface area contributed by atoms with E-state index in [9.17, 15) is 0 Å². The first kappa shape index (κ1) is 11.7. The predicted octanol–water partition coefficient (Wildman–Crippen LogP) is 4.00. The molecule has 1 aromatic carbocycles. The molecule has 0 radical (unpaired) electrons. The van der Waals surface area contributed by atoms with Gasteiger partial charge < -0.3 is 4.98 Å². The Morgan fingerprint density at radius 3 is 2.40 bits per heavy atom. The lowest BCUT2D eigenvalue weighted by Crippen LogP contribution is -1.72. The van der Waals surface area contributed by atoms with Gasteiger partial charge >= 0.3 is 0 Å². The zero-order chi connectivity index (χ0) is 11.3. The maximum atomic E-state index is 3.79. The fourth-order valence-electron chi connectivity index (χ4n) is 1.57. The van der Waals surface area contributed by atoms with Crippen LogP contribution in [0.4, 0.5) is 0 Å². The minimum Gasteiger partial charge on any atom is -0.355 e. The van der Waals surface area contributed by atoms with Crippen molar-refractivity contribution in [2.45, 2.75) is 0 Å². The summed E-state index contributed by atoms with van der Waals surface area (Å²) in [5.41, 5.74) is 3.30. The van der Waals surface area contributed by atoms with Crippen molar-refractivity contribution in [2.24, 2.45) is 0 Å². The molecule has 2 rings (SSSR count). The van der Waals surface area contributed by atoms with E-state index in [4.69, 9.17) is 0 Å². The van der Waals surface area contributed by atoms with Gasteiger partial charge in [-0.25, -0.2) is 0 Å². The van der Waals surface area contributed by atoms with Crippen LogP contribution < -0.4 is 0 Å². The monoisotopic (exact) mass is 217 g/mol. The Morgan fingerprint density at radius 2 is 1.80 bits per heavy atom. The number of hydrogen-bond donors (Lipinski definition) is 2. The lowest BCUT2D eigenvalue weighted by Gasteiger charge is -1.90. The number of benzene rings is 1. The molecule has 0 unspecified atom stereocenters. The number of aromatic nitrogens is 1. The molecule has 0 aliphatic rings. The molecule has 1 aromatic heterocycles. The molecule has 0 amide bonds. The van der Waals surface area contributed by atoms with Crippen LogP contribution in [-0.4, -0.2) is 11.2 Å². The summed E-state index contributed by atoms with van der Waals surface area (Å²) in [7, 11) is 0. The van der Waals surface area contributed by atoms with Gasteiger partial charge in [-0.1, -0.05) is 37.4 Å². The van der Waals surface area contributed by atoms with Crippen molar-refractivity contribution in [3.05, 3.63) is 48.7 Å². The van der Waals surface area contributed by atoms with Gasteiger partial charge in [-0.15, -0.1) is 0 Å². The molecular weight excluding hydrogens is 202 g/mol. The summed E-state index contributed by atoms with van der Waals surface area (Å²) in [5, 5.41) is 1.20. The largest absolute Gasteiger partial charge is 0.355 e. The summed E-state index contributed by atoms with van der Waals surface area (Å²) in [6.07, 6.45) is 5.37. The van der Waals surface area contributed by atoms with Gasteiger partial charge in [0.15, 0.2) is 0 Å². The number of fused-ring (bicyclic) bond motifs is 1. The van der Waals surface area contributed by atoms with Crippen LogP contribution in [0.2, 0.25) is 0 Å². The van der Waals surface area contributed by atoms with E-state index in [0.717, 1.165) is 16.8 Å². The lowest BCUT2D eigenvalue weighted by molar-refractivity contribution is 1.43. The summed E-state index contributed by atoms with van der Waals surface area (Å²) in [6, 6.07) is 8.17. The van der Waals surface area contributed by atoms with Gasteiger partial charge in [0.25, 0.3) is 0 Å². The van der Waals surface area contributed by atoms with Crippen molar-refractivity contribution in [3.63, 3.8) is 0 Å². The number of nitrogens with one attached hydrogen (secondary N) is 1. The van der Waals surface area contributed by atoms with E-state index >= 15 is 0 Å². The van der Waals surface area contributed by atoms with Crippen LogP contribution in [0, 0.1) is 0 Å². The number of rotatable bonds is 2. The van der Waals surface area contributed by atoms with Gasteiger partial charge in [-0.2, -0.15) is 12.6 Å². The van der Waals surface area contributed by atoms with E-state index in [1.807, 2.05) is 24.3 Å². The molecule has 0 bridgehead atoms. The highest BCUT2D eigenvalue weighted by Gasteiger charge is 2.03. The molecule has 0 aliphatic heterocycles. The zero-order valence-corrected chi connectivity index (χ0v) is 9.72. The van der Waals surface area contributed by atoms with Gasteiger partial charge in [0.1, 0.15) is 0 Å². The number of hydrogen-bond acceptors (Lipinski definition) is 1. The van der Waals surface area contributed by atoms with E-state index in [1.165, 1.54) is 5.39 Å². The van der Waals surface area contributed by atoms with Crippen LogP contribution in [0.5, 0.6) is 0 Å². The molecule has 78 valence electrons. The first-order valence-electron chi connectivity index (χ1n) is 4.67. The molecular formula is C13H15NS. The van der Waals surface area contributed by atoms with Crippen molar-refractivity contribution >= 4 is 35.7 Å². The predicted molar refractivity (Wildman–Crippen MR) is 73.4 cm³/mol. The average Bonchev–Trinajstić information content (AvgIpc) is 2.69. The molecule has 1 nitrogen and oxygen atoms in total. The van der Waals surface area contributed by atoms with Gasteiger partial charge in [0.2, 0.25) is 0 Å². The van der Waals surface area contributed by atoms with Crippen molar-refractivity contribution < 1.29 is 0 Å². The molecule has 2 heteroatoms. The number of aromatic amines is 1. The first-order valence-corrected chi connectivity index (χ1v) is 5.56. The lowest BCUT2D eigenvalue weighted by atomic mass is 10.1. The number of para-hydroxylation sites is 1. The highest BCUT2D eigenvalue weighted by molar-refractivity contribution is 7.79. The fourth-order valence-corrected chi connectivity index (χ4v) is 1.57. The molecule has 0 aliphatic carbocycles. The van der Waals surface area contributed by atoms with Gasteiger partial charge in [-0.05, 0) is 18.4 Å². The van der Waals surface area contributed by atoms with Crippen LogP contribution in [0.3, 0.4) is 0 Å². The van der Waals surface area contributed by atoms with E-state index in [1.54, 1.807) is 6.26 Å². The van der Waals surface area contributed by atoms with Crippen LogP contribution >= 0.6 is 12.6 Å². The van der Waals surface area contributed by atoms with Crippen molar-refractivity contribution in [3.8, 4) is 0 Å². The van der Waals surface area contributed by atoms with Crippen molar-refractivity contribution in [2.75, 3.05) is 6.26 Å². The van der Waals surface area contributed by atoms with Crippen LogP contribution in [0.15, 0.2) is 37.4 Å². The second-order valence-corrected chi connectivity index (χ2v) is 2.91. The number of H-pyrrole nitrogens is 1. The van der Waals surface area contributed by atoms with E-state index in [0.29, 0.717) is 0 Å². The molecule has 1 heterocycles. The summed E-state index contributed by atoms with van der Waals surface area (Å²) in [6.45, 7) is 7.55. The molecule has 2 aromatic rings. The van der Waals surface area contributed by atoms with Gasteiger partial charge in [-0.3, -0.25) is 0 Å². The van der Waals surface area contributed by atoms with Gasteiger partial charge in [0, 0.05) is 22.2 Å². The zero-order valence-electron chi connectivity index (χ0n) is 8.83. The Bertz CT molecular complexity index is 468. The van der Waals surface area contributed by atoms with Crippen LogP contribution in [0.1, 0.15) is 11.3 Å².